The lowest BCUT2D eigenvalue weighted by Crippen LogP contribution is -2.46. The van der Waals surface area contributed by atoms with E-state index in [-0.39, 0.29) is 0 Å². The van der Waals surface area contributed by atoms with Gasteiger partial charge in [0.15, 0.2) is 0 Å². The number of nitrogens with one attached hydrogen (secondary N) is 1. The van der Waals surface area contributed by atoms with Crippen molar-refractivity contribution in [3.8, 4) is 5.75 Å². The summed E-state index contributed by atoms with van der Waals surface area (Å²) in [4.78, 5) is 6.98. The molecular weight excluding hydrogens is 250 g/mol. The van der Waals surface area contributed by atoms with E-state index in [1.807, 2.05) is 12.3 Å². The molecule has 2 rings (SSSR count). The average molecular weight is 277 g/mol. The maximum atomic E-state index is 5.18. The average Bonchev–Trinajstić information content (AvgIpc) is 2.47. The number of anilines is 1. The number of nitrogens with zero attached hydrogens (tertiary/aromatic N) is 2. The fraction of sp³-hybridized carbons (Fsp3) is 0.688. The normalized spacial score (nSPS) is 19.4. The maximum Gasteiger partial charge on any atom is 0.137 e. The lowest BCUT2D eigenvalue weighted by atomic mass is 10.0. The molecule has 0 radical (unpaired) electrons. The van der Waals surface area contributed by atoms with Gasteiger partial charge in [-0.05, 0) is 43.9 Å². The summed E-state index contributed by atoms with van der Waals surface area (Å²) >= 11 is 0. The van der Waals surface area contributed by atoms with Crippen LogP contribution in [-0.2, 0) is 0 Å². The van der Waals surface area contributed by atoms with E-state index in [0.29, 0.717) is 12.0 Å². The first-order valence-electron chi connectivity index (χ1n) is 7.68. The molecule has 1 fully saturated rings. The highest BCUT2D eigenvalue weighted by molar-refractivity contribution is 5.42. The molecule has 1 aromatic heterocycles. The van der Waals surface area contributed by atoms with E-state index in [9.17, 15) is 0 Å². The first kappa shape index (κ1) is 15.1. The van der Waals surface area contributed by atoms with Crippen molar-refractivity contribution >= 4 is 5.82 Å². The summed E-state index contributed by atoms with van der Waals surface area (Å²) in [5.41, 5.74) is 0. The first-order chi connectivity index (χ1) is 9.70. The molecule has 20 heavy (non-hydrogen) atoms. The van der Waals surface area contributed by atoms with E-state index in [4.69, 9.17) is 4.74 Å². The Labute approximate surface area is 122 Å². The van der Waals surface area contributed by atoms with Crippen molar-refractivity contribution in [3.63, 3.8) is 0 Å². The van der Waals surface area contributed by atoms with Crippen molar-refractivity contribution in [3.05, 3.63) is 18.3 Å². The second-order valence-electron chi connectivity index (χ2n) is 5.95. The van der Waals surface area contributed by atoms with Crippen LogP contribution in [-0.4, -0.2) is 37.8 Å². The number of pyridine rings is 1. The van der Waals surface area contributed by atoms with Crippen molar-refractivity contribution in [1.29, 1.82) is 0 Å². The molecule has 0 saturated carbocycles. The lowest BCUT2D eigenvalue weighted by Gasteiger charge is -2.37. The zero-order chi connectivity index (χ0) is 14.4. The van der Waals surface area contributed by atoms with Gasteiger partial charge in [0, 0.05) is 19.1 Å². The standard InChI is InChI=1S/C16H27N3O/c1-13(2)10-17-11-14-6-4-5-9-19(14)16-8-7-15(20-3)12-18-16/h7-8,12-14,17H,4-6,9-11H2,1-3H3. The predicted octanol–water partition coefficient (Wildman–Crippen LogP) is 2.69. The molecule has 1 N–H and O–H groups in total. The van der Waals surface area contributed by atoms with Gasteiger partial charge in [0.05, 0.1) is 13.3 Å². The fourth-order valence-corrected chi connectivity index (χ4v) is 2.72. The van der Waals surface area contributed by atoms with E-state index in [2.05, 4.69) is 35.1 Å². The van der Waals surface area contributed by atoms with E-state index in [0.717, 1.165) is 31.2 Å². The Morgan fingerprint density at radius 2 is 2.25 bits per heavy atom. The van der Waals surface area contributed by atoms with E-state index < -0.39 is 0 Å². The van der Waals surface area contributed by atoms with Crippen LogP contribution in [0.25, 0.3) is 0 Å². The van der Waals surface area contributed by atoms with E-state index in [1.54, 1.807) is 7.11 Å². The van der Waals surface area contributed by atoms with Gasteiger partial charge in [-0.2, -0.15) is 0 Å². The van der Waals surface area contributed by atoms with Gasteiger partial charge in [-0.25, -0.2) is 4.98 Å². The minimum atomic E-state index is 0.559. The van der Waals surface area contributed by atoms with Crippen molar-refractivity contribution in [2.45, 2.75) is 39.2 Å². The molecule has 1 aliphatic rings. The molecule has 1 unspecified atom stereocenters. The Morgan fingerprint density at radius 3 is 2.90 bits per heavy atom. The van der Waals surface area contributed by atoms with Crippen LogP contribution in [0.15, 0.2) is 18.3 Å². The van der Waals surface area contributed by atoms with Gasteiger partial charge in [-0.15, -0.1) is 0 Å². The number of piperidine rings is 1. The number of rotatable bonds is 6. The van der Waals surface area contributed by atoms with Gasteiger partial charge in [-0.1, -0.05) is 13.8 Å². The molecule has 112 valence electrons. The molecule has 1 aromatic rings. The second-order valence-corrected chi connectivity index (χ2v) is 5.95. The topological polar surface area (TPSA) is 37.4 Å². The Bertz CT molecular complexity index is 391. The number of aromatic nitrogens is 1. The highest BCUT2D eigenvalue weighted by Gasteiger charge is 2.23. The third-order valence-electron chi connectivity index (χ3n) is 3.81. The Hall–Kier alpha value is -1.29. The molecule has 4 heteroatoms. The number of ether oxygens (including phenoxy) is 1. The van der Waals surface area contributed by atoms with Crippen LogP contribution in [0.3, 0.4) is 0 Å². The van der Waals surface area contributed by atoms with E-state index in [1.165, 1.54) is 19.3 Å². The molecule has 0 aliphatic carbocycles. The van der Waals surface area contributed by atoms with Gasteiger partial charge < -0.3 is 15.0 Å². The van der Waals surface area contributed by atoms with Gasteiger partial charge in [-0.3, -0.25) is 0 Å². The summed E-state index contributed by atoms with van der Waals surface area (Å²) in [5, 5.41) is 3.58. The lowest BCUT2D eigenvalue weighted by molar-refractivity contribution is 0.409. The highest BCUT2D eigenvalue weighted by Crippen LogP contribution is 2.24. The van der Waals surface area contributed by atoms with Crippen LogP contribution >= 0.6 is 0 Å². The minimum absolute atomic E-state index is 0.559. The third kappa shape index (κ3) is 4.10. The predicted molar refractivity (Wildman–Crippen MR) is 83.5 cm³/mol. The molecule has 0 spiro atoms. The molecule has 0 bridgehead atoms. The molecule has 0 amide bonds. The van der Waals surface area contributed by atoms with Crippen LogP contribution in [0, 0.1) is 5.92 Å². The molecule has 1 aliphatic heterocycles. The van der Waals surface area contributed by atoms with Crippen LogP contribution in [0.1, 0.15) is 33.1 Å². The van der Waals surface area contributed by atoms with Crippen LogP contribution in [0.5, 0.6) is 5.75 Å². The largest absolute Gasteiger partial charge is 0.495 e. The van der Waals surface area contributed by atoms with Crippen molar-refractivity contribution in [2.24, 2.45) is 5.92 Å². The van der Waals surface area contributed by atoms with Crippen LogP contribution in [0.2, 0.25) is 0 Å². The summed E-state index contributed by atoms with van der Waals surface area (Å²) in [7, 11) is 1.68. The Balaban J connectivity index is 1.98. The van der Waals surface area contributed by atoms with Crippen LogP contribution < -0.4 is 15.0 Å². The fourth-order valence-electron chi connectivity index (χ4n) is 2.72. The van der Waals surface area contributed by atoms with Gasteiger partial charge in [0.1, 0.15) is 11.6 Å². The first-order valence-corrected chi connectivity index (χ1v) is 7.68. The molecule has 2 heterocycles. The summed E-state index contributed by atoms with van der Waals surface area (Å²) in [6.45, 7) is 7.73. The van der Waals surface area contributed by atoms with Crippen molar-refractivity contribution in [1.82, 2.24) is 10.3 Å². The summed E-state index contributed by atoms with van der Waals surface area (Å²) in [6.07, 6.45) is 5.64. The molecule has 0 aromatic carbocycles. The minimum Gasteiger partial charge on any atom is -0.495 e. The maximum absolute atomic E-state index is 5.18. The second kappa shape index (κ2) is 7.48. The molecule has 1 saturated heterocycles. The number of methoxy groups -OCH3 is 1. The summed E-state index contributed by atoms with van der Waals surface area (Å²) in [5.74, 6) is 2.59. The van der Waals surface area contributed by atoms with Gasteiger partial charge >= 0.3 is 0 Å². The SMILES string of the molecule is COc1ccc(N2CCCCC2CNCC(C)C)nc1. The molecular formula is C16H27N3O. The molecule has 1 atom stereocenters. The Kier molecular flexibility index (Phi) is 5.65. The summed E-state index contributed by atoms with van der Waals surface area (Å²) in [6, 6.07) is 4.62. The number of hydrogen-bond donors (Lipinski definition) is 1. The van der Waals surface area contributed by atoms with Crippen LogP contribution in [0.4, 0.5) is 5.82 Å². The van der Waals surface area contributed by atoms with Crippen molar-refractivity contribution < 1.29 is 4.74 Å². The smallest absolute Gasteiger partial charge is 0.137 e. The van der Waals surface area contributed by atoms with Gasteiger partial charge in [0.2, 0.25) is 0 Å². The van der Waals surface area contributed by atoms with Gasteiger partial charge in [0.25, 0.3) is 0 Å². The number of hydrogen-bond acceptors (Lipinski definition) is 4. The third-order valence-corrected chi connectivity index (χ3v) is 3.81. The highest BCUT2D eigenvalue weighted by atomic mass is 16.5. The monoisotopic (exact) mass is 277 g/mol. The zero-order valence-corrected chi connectivity index (χ0v) is 12.9. The van der Waals surface area contributed by atoms with Crippen molar-refractivity contribution in [2.75, 3.05) is 31.6 Å². The quantitative estimate of drug-likeness (QED) is 0.867. The zero-order valence-electron chi connectivity index (χ0n) is 12.9. The molecule has 4 nitrogen and oxygen atoms in total. The van der Waals surface area contributed by atoms with E-state index >= 15 is 0 Å². The summed E-state index contributed by atoms with van der Waals surface area (Å²) < 4.78 is 5.18. The Morgan fingerprint density at radius 1 is 1.40 bits per heavy atom.